The molecule has 21 heavy (non-hydrogen) atoms. The van der Waals surface area contributed by atoms with E-state index in [1.807, 2.05) is 0 Å². The smallest absolute Gasteiger partial charge is 0.140 e. The molecule has 0 spiro atoms. The molecule has 0 saturated carbocycles. The molecule has 0 saturated heterocycles. The van der Waals surface area contributed by atoms with Crippen LogP contribution in [0, 0.1) is 5.82 Å². The number of halogens is 1. The predicted octanol–water partition coefficient (Wildman–Crippen LogP) is 3.92. The Morgan fingerprint density at radius 3 is 2.67 bits per heavy atom. The minimum absolute atomic E-state index is 0.255. The summed E-state index contributed by atoms with van der Waals surface area (Å²) in [5.41, 5.74) is 1.14. The van der Waals surface area contributed by atoms with E-state index >= 15 is 0 Å². The molecule has 1 aromatic carbocycles. The third kappa shape index (κ3) is 4.79. The van der Waals surface area contributed by atoms with Crippen molar-refractivity contribution in [3.05, 3.63) is 45.7 Å². The largest absolute Gasteiger partial charge is 0.486 e. The monoisotopic (exact) mass is 308 g/mol. The molecule has 0 amide bonds. The van der Waals surface area contributed by atoms with Gasteiger partial charge in [-0.2, -0.15) is 0 Å². The minimum Gasteiger partial charge on any atom is -0.486 e. The first-order valence-electron chi connectivity index (χ1n) is 7.29. The number of nitrogens with one attached hydrogen (secondary N) is 1. The zero-order valence-corrected chi connectivity index (χ0v) is 13.3. The van der Waals surface area contributed by atoms with Gasteiger partial charge < -0.3 is 10.1 Å². The molecule has 3 nitrogen and oxygen atoms in total. The lowest BCUT2D eigenvalue weighted by molar-refractivity contribution is 0.305. The molecule has 2 rings (SSSR count). The Kier molecular flexibility index (Phi) is 6.14. The number of thiazole rings is 1. The van der Waals surface area contributed by atoms with E-state index in [2.05, 4.69) is 24.1 Å². The van der Waals surface area contributed by atoms with Crippen molar-refractivity contribution >= 4 is 11.3 Å². The van der Waals surface area contributed by atoms with Crippen molar-refractivity contribution < 1.29 is 9.13 Å². The molecule has 1 aromatic heterocycles. The predicted molar refractivity (Wildman–Crippen MR) is 84.2 cm³/mol. The van der Waals surface area contributed by atoms with Gasteiger partial charge in [0.25, 0.3) is 0 Å². The fourth-order valence-corrected chi connectivity index (χ4v) is 3.01. The van der Waals surface area contributed by atoms with Crippen molar-refractivity contribution in [2.75, 3.05) is 6.54 Å². The van der Waals surface area contributed by atoms with Gasteiger partial charge in [0.15, 0.2) is 0 Å². The van der Waals surface area contributed by atoms with Crippen molar-refractivity contribution in [1.29, 1.82) is 0 Å². The third-order valence-corrected chi connectivity index (χ3v) is 4.12. The van der Waals surface area contributed by atoms with Gasteiger partial charge in [-0.15, -0.1) is 11.3 Å². The van der Waals surface area contributed by atoms with E-state index in [1.165, 1.54) is 17.0 Å². The zero-order chi connectivity index (χ0) is 15.1. The maximum absolute atomic E-state index is 12.8. The van der Waals surface area contributed by atoms with Gasteiger partial charge in [0.05, 0.1) is 5.69 Å². The van der Waals surface area contributed by atoms with E-state index in [-0.39, 0.29) is 5.82 Å². The van der Waals surface area contributed by atoms with Crippen LogP contribution in [0.3, 0.4) is 0 Å². The van der Waals surface area contributed by atoms with Crippen LogP contribution in [0.2, 0.25) is 0 Å². The Balaban J connectivity index is 1.95. The Morgan fingerprint density at radius 1 is 1.24 bits per heavy atom. The van der Waals surface area contributed by atoms with Crippen LogP contribution >= 0.6 is 11.3 Å². The van der Waals surface area contributed by atoms with Gasteiger partial charge in [0.1, 0.15) is 23.2 Å². The fourth-order valence-electron chi connectivity index (χ4n) is 1.97. The lowest BCUT2D eigenvalue weighted by Gasteiger charge is -2.03. The van der Waals surface area contributed by atoms with Gasteiger partial charge in [-0.05, 0) is 43.7 Å². The molecule has 0 bridgehead atoms. The average Bonchev–Trinajstić information content (AvgIpc) is 2.89. The Hall–Kier alpha value is -1.46. The van der Waals surface area contributed by atoms with E-state index in [1.54, 1.807) is 23.5 Å². The van der Waals surface area contributed by atoms with Gasteiger partial charge in [0, 0.05) is 11.4 Å². The standard InChI is InChI=1S/C16H21FN2OS/c1-3-9-18-10-15-14(4-2)19-16(21-15)11-20-13-7-5-12(17)6-8-13/h5-8,18H,3-4,9-11H2,1-2H3. The lowest BCUT2D eigenvalue weighted by atomic mass is 10.3. The third-order valence-electron chi connectivity index (χ3n) is 3.05. The van der Waals surface area contributed by atoms with Crippen molar-refractivity contribution in [3.63, 3.8) is 0 Å². The van der Waals surface area contributed by atoms with Crippen molar-refractivity contribution in [2.24, 2.45) is 0 Å². The zero-order valence-electron chi connectivity index (χ0n) is 12.5. The van der Waals surface area contributed by atoms with E-state index in [4.69, 9.17) is 4.74 Å². The molecule has 1 N–H and O–H groups in total. The quantitative estimate of drug-likeness (QED) is 0.750. The Labute approximate surface area is 129 Å². The fraction of sp³-hybridized carbons (Fsp3) is 0.438. The van der Waals surface area contributed by atoms with Crippen molar-refractivity contribution in [3.8, 4) is 5.75 Å². The summed E-state index contributed by atoms with van der Waals surface area (Å²) in [5.74, 6) is 0.407. The number of rotatable bonds is 8. The molecule has 0 aliphatic heterocycles. The first-order valence-corrected chi connectivity index (χ1v) is 8.11. The number of nitrogens with zero attached hydrogens (tertiary/aromatic N) is 1. The number of hydrogen-bond donors (Lipinski definition) is 1. The number of ether oxygens (including phenoxy) is 1. The van der Waals surface area contributed by atoms with Gasteiger partial charge in [-0.3, -0.25) is 0 Å². The van der Waals surface area contributed by atoms with Gasteiger partial charge >= 0.3 is 0 Å². The summed E-state index contributed by atoms with van der Waals surface area (Å²) in [6.45, 7) is 6.58. The normalized spacial score (nSPS) is 10.8. The van der Waals surface area contributed by atoms with Crippen LogP contribution in [0.4, 0.5) is 4.39 Å². The second-order valence-electron chi connectivity index (χ2n) is 4.75. The van der Waals surface area contributed by atoms with Crippen LogP contribution in [-0.4, -0.2) is 11.5 Å². The highest BCUT2D eigenvalue weighted by Gasteiger charge is 2.10. The summed E-state index contributed by atoms with van der Waals surface area (Å²) >= 11 is 1.68. The molecule has 5 heteroatoms. The first kappa shape index (κ1) is 15.9. The summed E-state index contributed by atoms with van der Waals surface area (Å²) < 4.78 is 18.5. The second-order valence-corrected chi connectivity index (χ2v) is 5.92. The summed E-state index contributed by atoms with van der Waals surface area (Å²) in [5, 5.41) is 4.37. The first-order chi connectivity index (χ1) is 10.2. The number of benzene rings is 1. The van der Waals surface area contributed by atoms with Gasteiger partial charge in [-0.1, -0.05) is 13.8 Å². The molecular formula is C16H21FN2OS. The molecule has 0 fully saturated rings. The summed E-state index contributed by atoms with van der Waals surface area (Å²) in [4.78, 5) is 5.90. The maximum atomic E-state index is 12.8. The van der Waals surface area contributed by atoms with Crippen LogP contribution < -0.4 is 10.1 Å². The van der Waals surface area contributed by atoms with E-state index < -0.39 is 0 Å². The summed E-state index contributed by atoms with van der Waals surface area (Å²) in [6.07, 6.45) is 2.05. The Bertz CT molecular complexity index is 554. The molecule has 0 aliphatic rings. The highest BCUT2D eigenvalue weighted by atomic mass is 32.1. The molecule has 0 aliphatic carbocycles. The van der Waals surface area contributed by atoms with Crippen LogP contribution in [-0.2, 0) is 19.6 Å². The van der Waals surface area contributed by atoms with Crippen molar-refractivity contribution in [2.45, 2.75) is 39.8 Å². The minimum atomic E-state index is -0.255. The highest BCUT2D eigenvalue weighted by Crippen LogP contribution is 2.21. The SMILES string of the molecule is CCCNCc1sc(COc2ccc(F)cc2)nc1CC. The van der Waals surface area contributed by atoms with Crippen molar-refractivity contribution in [1.82, 2.24) is 10.3 Å². The maximum Gasteiger partial charge on any atom is 0.140 e. The van der Waals surface area contributed by atoms with Crippen LogP contribution in [0.1, 0.15) is 35.8 Å². The molecule has 114 valence electrons. The molecule has 1 heterocycles. The molecule has 0 unspecified atom stereocenters. The average molecular weight is 308 g/mol. The molecule has 0 radical (unpaired) electrons. The Morgan fingerprint density at radius 2 is 2.00 bits per heavy atom. The van der Waals surface area contributed by atoms with E-state index in [0.29, 0.717) is 12.4 Å². The van der Waals surface area contributed by atoms with Crippen LogP contribution in [0.15, 0.2) is 24.3 Å². The topological polar surface area (TPSA) is 34.1 Å². The van der Waals surface area contributed by atoms with E-state index in [9.17, 15) is 4.39 Å². The summed E-state index contributed by atoms with van der Waals surface area (Å²) in [7, 11) is 0. The highest BCUT2D eigenvalue weighted by molar-refractivity contribution is 7.11. The van der Waals surface area contributed by atoms with Crippen LogP contribution in [0.5, 0.6) is 5.75 Å². The summed E-state index contributed by atoms with van der Waals surface area (Å²) in [6, 6.07) is 6.06. The van der Waals surface area contributed by atoms with E-state index in [0.717, 1.165) is 36.6 Å². The second kappa shape index (κ2) is 8.10. The molecular weight excluding hydrogens is 287 g/mol. The molecule has 2 aromatic rings. The lowest BCUT2D eigenvalue weighted by Crippen LogP contribution is -2.13. The number of aryl methyl sites for hydroxylation is 1. The van der Waals surface area contributed by atoms with Gasteiger partial charge in [-0.25, -0.2) is 9.37 Å². The van der Waals surface area contributed by atoms with Gasteiger partial charge in [0.2, 0.25) is 0 Å². The number of aromatic nitrogens is 1. The molecule has 0 atom stereocenters. The number of hydrogen-bond acceptors (Lipinski definition) is 4. The van der Waals surface area contributed by atoms with Crippen LogP contribution in [0.25, 0.3) is 0 Å².